The zero-order chi connectivity index (χ0) is 19.2. The molecular weight excluding hydrogens is 404 g/mol. The number of halogens is 1. The fourth-order valence-electron chi connectivity index (χ4n) is 3.90. The molecule has 7 nitrogen and oxygen atoms in total. The smallest absolute Gasteiger partial charge is 0.410 e. The van der Waals surface area contributed by atoms with Gasteiger partial charge in [0.25, 0.3) is 0 Å². The van der Waals surface area contributed by atoms with Crippen molar-refractivity contribution in [3.63, 3.8) is 0 Å². The number of aliphatic carboxylic acids is 1. The minimum atomic E-state index is -1.01. The topological polar surface area (TPSA) is 89.0 Å². The molecule has 142 valence electrons. The molecule has 0 aromatic carbocycles. The molecule has 2 heterocycles. The predicted octanol–water partition coefficient (Wildman–Crippen LogP) is 3.17. The lowest BCUT2D eigenvalue weighted by atomic mass is 9.53. The third-order valence-corrected chi connectivity index (χ3v) is 5.38. The summed E-state index contributed by atoms with van der Waals surface area (Å²) in [5.74, 6) is -1.01. The zero-order valence-corrected chi connectivity index (χ0v) is 16.7. The molecule has 1 spiro atoms. The van der Waals surface area contributed by atoms with Crippen LogP contribution in [0.15, 0.2) is 22.9 Å². The van der Waals surface area contributed by atoms with E-state index >= 15 is 0 Å². The van der Waals surface area contributed by atoms with Gasteiger partial charge in [-0.2, -0.15) is 0 Å². The van der Waals surface area contributed by atoms with Crippen LogP contribution in [0.1, 0.15) is 39.2 Å². The number of amides is 1. The van der Waals surface area contributed by atoms with Crippen LogP contribution in [0.2, 0.25) is 0 Å². The minimum absolute atomic E-state index is 0.0509. The van der Waals surface area contributed by atoms with Crippen LogP contribution in [0.4, 0.5) is 4.79 Å². The number of hydrogen-bond donors (Lipinski definition) is 1. The third-order valence-electron chi connectivity index (χ3n) is 4.75. The maximum Gasteiger partial charge on any atom is 0.410 e. The second-order valence-corrected chi connectivity index (χ2v) is 8.96. The van der Waals surface area contributed by atoms with Crippen molar-refractivity contribution in [3.05, 3.63) is 28.5 Å². The van der Waals surface area contributed by atoms with Gasteiger partial charge in [-0.15, -0.1) is 0 Å². The number of pyridine rings is 1. The number of nitrogens with zero attached hydrogens (tertiary/aromatic N) is 2. The lowest BCUT2D eigenvalue weighted by Gasteiger charge is -2.63. The fourth-order valence-corrected chi connectivity index (χ4v) is 4.51. The average molecular weight is 427 g/mol. The molecule has 1 saturated carbocycles. The van der Waals surface area contributed by atoms with Gasteiger partial charge >= 0.3 is 12.1 Å². The first-order valence-electron chi connectivity index (χ1n) is 8.49. The van der Waals surface area contributed by atoms with Gasteiger partial charge in [-0.3, -0.25) is 0 Å². The normalized spacial score (nSPS) is 20.2. The van der Waals surface area contributed by atoms with Gasteiger partial charge in [-0.1, -0.05) is 6.07 Å². The van der Waals surface area contributed by atoms with E-state index in [0.717, 1.165) is 5.56 Å². The van der Waals surface area contributed by atoms with E-state index < -0.39 is 17.2 Å². The highest BCUT2D eigenvalue weighted by atomic mass is 79.9. The van der Waals surface area contributed by atoms with E-state index in [1.165, 1.54) is 0 Å². The molecule has 1 N–H and O–H groups in total. The van der Waals surface area contributed by atoms with Gasteiger partial charge in [-0.05, 0) is 55.6 Å². The van der Waals surface area contributed by atoms with Gasteiger partial charge in [0.1, 0.15) is 16.8 Å². The van der Waals surface area contributed by atoms with Crippen molar-refractivity contribution < 1.29 is 24.2 Å². The summed E-state index contributed by atoms with van der Waals surface area (Å²) in [6.45, 7) is 6.35. The molecule has 1 amide bonds. The third kappa shape index (κ3) is 3.71. The van der Waals surface area contributed by atoms with Crippen LogP contribution in [0.25, 0.3) is 0 Å². The molecule has 3 rings (SSSR count). The molecule has 0 radical (unpaired) electrons. The van der Waals surface area contributed by atoms with Crippen molar-refractivity contribution in [1.29, 1.82) is 0 Å². The Hall–Kier alpha value is -1.67. The summed E-state index contributed by atoms with van der Waals surface area (Å²) in [5, 5.41) is 9.02. The summed E-state index contributed by atoms with van der Waals surface area (Å²) in [6, 6.07) is 3.71. The summed E-state index contributed by atoms with van der Waals surface area (Å²) in [5.41, 5.74) is -0.410. The molecule has 1 aliphatic carbocycles. The van der Waals surface area contributed by atoms with E-state index in [-0.39, 0.29) is 18.1 Å². The van der Waals surface area contributed by atoms with Crippen LogP contribution >= 0.6 is 15.9 Å². The van der Waals surface area contributed by atoms with Crippen LogP contribution in [0.5, 0.6) is 0 Å². The predicted molar refractivity (Wildman–Crippen MR) is 96.7 cm³/mol. The number of aromatic nitrogens is 1. The van der Waals surface area contributed by atoms with E-state index in [1.807, 2.05) is 32.9 Å². The molecule has 26 heavy (non-hydrogen) atoms. The fraction of sp³-hybridized carbons (Fsp3) is 0.611. The van der Waals surface area contributed by atoms with E-state index in [9.17, 15) is 9.59 Å². The van der Waals surface area contributed by atoms with Crippen molar-refractivity contribution >= 4 is 28.0 Å². The lowest BCUT2D eigenvalue weighted by Crippen LogP contribution is -2.69. The molecule has 1 aromatic heterocycles. The molecule has 1 saturated heterocycles. The summed E-state index contributed by atoms with van der Waals surface area (Å²) in [7, 11) is 0. The maximum absolute atomic E-state index is 12.1. The van der Waals surface area contributed by atoms with Crippen molar-refractivity contribution in [1.82, 2.24) is 9.88 Å². The highest BCUT2D eigenvalue weighted by molar-refractivity contribution is 9.10. The Morgan fingerprint density at radius 2 is 2.00 bits per heavy atom. The largest absolute Gasteiger partial charge is 0.480 e. The van der Waals surface area contributed by atoms with Crippen molar-refractivity contribution in [2.75, 3.05) is 19.7 Å². The molecule has 1 aromatic rings. The van der Waals surface area contributed by atoms with Crippen molar-refractivity contribution in [2.45, 2.75) is 44.8 Å². The Kier molecular flexibility index (Phi) is 4.77. The molecule has 2 fully saturated rings. The summed E-state index contributed by atoms with van der Waals surface area (Å²) in [4.78, 5) is 29.1. The van der Waals surface area contributed by atoms with Gasteiger partial charge in [0, 0.05) is 30.3 Å². The van der Waals surface area contributed by atoms with Gasteiger partial charge in [0.15, 0.2) is 0 Å². The number of likely N-dealkylation sites (tertiary alicyclic amines) is 1. The Balaban J connectivity index is 1.68. The number of carboxylic acids is 1. The number of rotatable bonds is 4. The lowest BCUT2D eigenvalue weighted by molar-refractivity contribution is -0.220. The second-order valence-electron chi connectivity index (χ2n) is 8.21. The summed E-state index contributed by atoms with van der Waals surface area (Å²) in [6.07, 6.45) is 2.66. The van der Waals surface area contributed by atoms with Crippen LogP contribution in [0.3, 0.4) is 0 Å². The first-order valence-corrected chi connectivity index (χ1v) is 9.28. The van der Waals surface area contributed by atoms with Crippen LogP contribution in [-0.2, 0) is 19.9 Å². The number of carboxylic acid groups (broad SMARTS) is 1. The molecule has 1 aliphatic heterocycles. The highest BCUT2D eigenvalue weighted by Crippen LogP contribution is 2.61. The van der Waals surface area contributed by atoms with Crippen LogP contribution < -0.4 is 0 Å². The Morgan fingerprint density at radius 3 is 2.54 bits per heavy atom. The molecule has 0 unspecified atom stereocenters. The van der Waals surface area contributed by atoms with Gasteiger partial charge < -0.3 is 19.5 Å². The van der Waals surface area contributed by atoms with E-state index in [4.69, 9.17) is 14.6 Å². The Morgan fingerprint density at radius 1 is 1.35 bits per heavy atom. The molecule has 0 atom stereocenters. The monoisotopic (exact) mass is 426 g/mol. The van der Waals surface area contributed by atoms with Gasteiger partial charge in [0.2, 0.25) is 0 Å². The first-order chi connectivity index (χ1) is 12.0. The standard InChI is InChI=1S/C18H23BrN2O5/c1-16(2,3)26-15(24)21-10-17(11-21)8-18(9-17,25-7-13(22)23)12-5-4-6-20-14(12)19/h4-6H,7-11H2,1-3H3,(H,22,23). The van der Waals surface area contributed by atoms with Crippen molar-refractivity contribution in [2.24, 2.45) is 5.41 Å². The van der Waals surface area contributed by atoms with E-state index in [0.29, 0.717) is 30.5 Å². The zero-order valence-electron chi connectivity index (χ0n) is 15.1. The van der Waals surface area contributed by atoms with E-state index in [2.05, 4.69) is 20.9 Å². The van der Waals surface area contributed by atoms with Gasteiger partial charge in [0.05, 0.1) is 5.60 Å². The van der Waals surface area contributed by atoms with Crippen LogP contribution in [0, 0.1) is 5.41 Å². The van der Waals surface area contributed by atoms with Crippen molar-refractivity contribution in [3.8, 4) is 0 Å². The summed E-state index contributed by atoms with van der Waals surface area (Å²) >= 11 is 3.44. The second kappa shape index (κ2) is 6.49. The molecular formula is C18H23BrN2O5. The summed E-state index contributed by atoms with van der Waals surface area (Å²) < 4.78 is 11.9. The number of ether oxygens (including phenoxy) is 2. The first kappa shape index (κ1) is 19.1. The Bertz CT molecular complexity index is 717. The number of hydrogen-bond acceptors (Lipinski definition) is 5. The average Bonchev–Trinajstić information content (AvgIpc) is 2.43. The Labute approximate surface area is 160 Å². The van der Waals surface area contributed by atoms with Crippen LogP contribution in [-0.4, -0.2) is 52.4 Å². The number of carbonyl (C=O) groups excluding carboxylic acids is 1. The van der Waals surface area contributed by atoms with Gasteiger partial charge in [-0.25, -0.2) is 14.6 Å². The number of carbonyl (C=O) groups is 2. The molecule has 2 aliphatic rings. The van der Waals surface area contributed by atoms with E-state index in [1.54, 1.807) is 11.1 Å². The minimum Gasteiger partial charge on any atom is -0.480 e. The highest BCUT2D eigenvalue weighted by Gasteiger charge is 2.63. The molecule has 8 heteroatoms. The SMILES string of the molecule is CC(C)(C)OC(=O)N1CC2(C1)CC(OCC(=O)O)(c1cccnc1Br)C2. The molecule has 0 bridgehead atoms. The maximum atomic E-state index is 12.1. The quantitative estimate of drug-likeness (QED) is 0.743.